The van der Waals surface area contributed by atoms with Crippen LogP contribution in [0.15, 0.2) is 36.9 Å². The lowest BCUT2D eigenvalue weighted by atomic mass is 9.95. The van der Waals surface area contributed by atoms with E-state index in [4.69, 9.17) is 4.74 Å². The zero-order valence-corrected chi connectivity index (χ0v) is 21.4. The molecule has 12 heteroatoms. The highest BCUT2D eigenvalue weighted by Crippen LogP contribution is 2.48. The quantitative estimate of drug-likeness (QED) is 0.204. The highest BCUT2D eigenvalue weighted by molar-refractivity contribution is 6.37. The number of alkyl halides is 6. The van der Waals surface area contributed by atoms with Gasteiger partial charge in [0.25, 0.3) is 0 Å². The number of ether oxygens (including phenoxy) is 2. The van der Waals surface area contributed by atoms with E-state index in [9.17, 15) is 35.9 Å². The summed E-state index contributed by atoms with van der Waals surface area (Å²) in [4.78, 5) is 23.7. The molecule has 1 amide bonds. The van der Waals surface area contributed by atoms with Gasteiger partial charge >= 0.3 is 24.2 Å². The molecule has 2 rings (SSSR count). The maximum absolute atomic E-state index is 14.0. The van der Waals surface area contributed by atoms with E-state index in [1.54, 1.807) is 5.32 Å². The van der Waals surface area contributed by atoms with Gasteiger partial charge in [0.05, 0.1) is 6.10 Å². The average Bonchev–Trinajstić information content (AvgIpc) is 2.78. The van der Waals surface area contributed by atoms with Gasteiger partial charge in [-0.25, -0.2) is 4.79 Å². The molecule has 208 valence electrons. The van der Waals surface area contributed by atoms with Gasteiger partial charge in [0, 0.05) is 23.5 Å². The Kier molecular flexibility index (Phi) is 9.46. The van der Waals surface area contributed by atoms with Crippen molar-refractivity contribution in [3.63, 3.8) is 0 Å². The SMILES string of the molecule is C=C(c1cc(Oc2c(C(F)(F)F)cc(NC(=O)C(=O)OC(C)C)cc2C(F)(F)F)ccc1NCC)C(C)C. The summed E-state index contributed by atoms with van der Waals surface area (Å²) in [5.74, 6) is -4.89. The molecule has 0 atom stereocenters. The van der Waals surface area contributed by atoms with Crippen LogP contribution >= 0.6 is 0 Å². The minimum Gasteiger partial charge on any atom is -0.456 e. The van der Waals surface area contributed by atoms with Gasteiger partial charge in [0.2, 0.25) is 0 Å². The minimum atomic E-state index is -5.32. The van der Waals surface area contributed by atoms with E-state index in [0.717, 1.165) is 0 Å². The van der Waals surface area contributed by atoms with Gasteiger partial charge in [0.1, 0.15) is 16.9 Å². The molecule has 0 radical (unpaired) electrons. The van der Waals surface area contributed by atoms with Crippen molar-refractivity contribution in [2.75, 3.05) is 17.2 Å². The predicted molar refractivity (Wildman–Crippen MR) is 131 cm³/mol. The van der Waals surface area contributed by atoms with Crippen LogP contribution in [-0.4, -0.2) is 24.5 Å². The van der Waals surface area contributed by atoms with Crippen LogP contribution in [0.25, 0.3) is 5.57 Å². The van der Waals surface area contributed by atoms with Crippen LogP contribution in [0.4, 0.5) is 37.7 Å². The van der Waals surface area contributed by atoms with Crippen molar-refractivity contribution in [1.82, 2.24) is 0 Å². The van der Waals surface area contributed by atoms with Crippen LogP contribution < -0.4 is 15.4 Å². The van der Waals surface area contributed by atoms with E-state index in [0.29, 0.717) is 23.4 Å². The Hall–Kier alpha value is -3.70. The molecule has 38 heavy (non-hydrogen) atoms. The summed E-state index contributed by atoms with van der Waals surface area (Å²) in [5, 5.41) is 4.80. The predicted octanol–water partition coefficient (Wildman–Crippen LogP) is 7.51. The van der Waals surface area contributed by atoms with Gasteiger partial charge in [-0.1, -0.05) is 20.4 Å². The van der Waals surface area contributed by atoms with Gasteiger partial charge in [-0.3, -0.25) is 4.79 Å². The molecule has 0 spiro atoms. The number of halogens is 6. The lowest BCUT2D eigenvalue weighted by molar-refractivity contribution is -0.155. The summed E-state index contributed by atoms with van der Waals surface area (Å²) in [7, 11) is 0. The monoisotopic (exact) mass is 546 g/mol. The zero-order chi connectivity index (χ0) is 29.0. The zero-order valence-electron chi connectivity index (χ0n) is 21.4. The Morgan fingerprint density at radius 3 is 1.95 bits per heavy atom. The Morgan fingerprint density at radius 2 is 1.50 bits per heavy atom. The normalized spacial score (nSPS) is 11.9. The van der Waals surface area contributed by atoms with Gasteiger partial charge in [-0.2, -0.15) is 26.3 Å². The topological polar surface area (TPSA) is 76.7 Å². The number of amides is 1. The van der Waals surface area contributed by atoms with Crippen molar-refractivity contribution in [2.24, 2.45) is 5.92 Å². The van der Waals surface area contributed by atoms with E-state index < -0.39 is 52.9 Å². The van der Waals surface area contributed by atoms with Crippen LogP contribution in [0.1, 0.15) is 51.3 Å². The Morgan fingerprint density at radius 1 is 0.947 bits per heavy atom. The van der Waals surface area contributed by atoms with Crippen molar-refractivity contribution >= 4 is 28.8 Å². The first-order valence-corrected chi connectivity index (χ1v) is 11.5. The molecule has 0 bridgehead atoms. The number of hydrogen-bond acceptors (Lipinski definition) is 5. The van der Waals surface area contributed by atoms with E-state index in [1.807, 2.05) is 20.8 Å². The van der Waals surface area contributed by atoms with Gasteiger partial charge in [-0.05, 0) is 62.6 Å². The van der Waals surface area contributed by atoms with E-state index in [-0.39, 0.29) is 23.8 Å². The largest absolute Gasteiger partial charge is 0.456 e. The summed E-state index contributed by atoms with van der Waals surface area (Å²) in [6.07, 6.45) is -11.4. The fraction of sp³-hybridized carbons (Fsp3) is 0.385. The molecular formula is C26H28F6N2O4. The van der Waals surface area contributed by atoms with E-state index in [1.165, 1.54) is 32.0 Å². The average molecular weight is 547 g/mol. The second kappa shape index (κ2) is 11.8. The third-order valence-corrected chi connectivity index (χ3v) is 5.11. The maximum Gasteiger partial charge on any atom is 0.420 e. The summed E-state index contributed by atoms with van der Waals surface area (Å²) in [6, 6.07) is 4.51. The van der Waals surface area contributed by atoms with Crippen LogP contribution in [0.5, 0.6) is 11.5 Å². The number of allylic oxidation sites excluding steroid dienone is 1. The van der Waals surface area contributed by atoms with Crippen LogP contribution in [0, 0.1) is 5.92 Å². The van der Waals surface area contributed by atoms with Crippen molar-refractivity contribution < 1.29 is 45.4 Å². The molecule has 0 heterocycles. The molecule has 6 nitrogen and oxygen atoms in total. The van der Waals surface area contributed by atoms with Crippen LogP contribution in [0.3, 0.4) is 0 Å². The summed E-state index contributed by atoms with van der Waals surface area (Å²) in [5.41, 5.74) is -2.89. The molecule has 2 N–H and O–H groups in total. The number of esters is 1. The number of hydrogen-bond donors (Lipinski definition) is 2. The van der Waals surface area contributed by atoms with Crippen molar-refractivity contribution in [3.8, 4) is 11.5 Å². The fourth-order valence-corrected chi connectivity index (χ4v) is 3.31. The molecule has 0 saturated heterocycles. The number of carbonyl (C=O) groups excluding carboxylic acids is 2. The lowest BCUT2D eigenvalue weighted by Gasteiger charge is -2.22. The molecule has 0 saturated carbocycles. The smallest absolute Gasteiger partial charge is 0.420 e. The molecule has 0 fully saturated rings. The highest BCUT2D eigenvalue weighted by atomic mass is 19.4. The minimum absolute atomic E-state index is 0.0793. The van der Waals surface area contributed by atoms with Gasteiger partial charge in [0.15, 0.2) is 5.75 Å². The van der Waals surface area contributed by atoms with Crippen molar-refractivity contribution in [3.05, 3.63) is 53.6 Å². The first kappa shape index (κ1) is 30.5. The summed E-state index contributed by atoms with van der Waals surface area (Å²) < 4.78 is 93.7. The first-order valence-electron chi connectivity index (χ1n) is 11.5. The molecule has 0 unspecified atom stereocenters. The fourth-order valence-electron chi connectivity index (χ4n) is 3.31. The second-order valence-corrected chi connectivity index (χ2v) is 8.82. The highest BCUT2D eigenvalue weighted by Gasteiger charge is 2.43. The Bertz CT molecular complexity index is 1170. The number of benzene rings is 2. The standard InChI is InChI=1S/C26H28F6N2O4/c1-7-33-21-9-8-17(12-18(21)15(6)13(2)3)38-22-19(25(27,28)29)10-16(11-20(22)26(30,31)32)34-23(35)24(36)37-14(4)5/h8-14,33H,6-7H2,1-5H3,(H,34,35). The molecule has 0 aliphatic rings. The molecule has 0 aromatic heterocycles. The number of anilines is 2. The molecular weight excluding hydrogens is 518 g/mol. The van der Waals surface area contributed by atoms with Crippen LogP contribution in [-0.2, 0) is 26.7 Å². The van der Waals surface area contributed by atoms with Crippen molar-refractivity contribution in [1.29, 1.82) is 0 Å². The molecule has 0 aliphatic carbocycles. The number of nitrogens with one attached hydrogen (secondary N) is 2. The molecule has 2 aromatic rings. The summed E-state index contributed by atoms with van der Waals surface area (Å²) in [6.45, 7) is 12.8. The second-order valence-electron chi connectivity index (χ2n) is 8.82. The van der Waals surface area contributed by atoms with E-state index >= 15 is 0 Å². The third kappa shape index (κ3) is 7.65. The third-order valence-electron chi connectivity index (χ3n) is 5.11. The Balaban J connectivity index is 2.67. The summed E-state index contributed by atoms with van der Waals surface area (Å²) >= 11 is 0. The van der Waals surface area contributed by atoms with Crippen molar-refractivity contribution in [2.45, 2.75) is 53.1 Å². The van der Waals surface area contributed by atoms with E-state index in [2.05, 4.69) is 16.6 Å². The Labute approximate surface area is 216 Å². The van der Waals surface area contributed by atoms with Crippen LogP contribution in [0.2, 0.25) is 0 Å². The molecule has 2 aromatic carbocycles. The lowest BCUT2D eigenvalue weighted by Crippen LogP contribution is -2.27. The molecule has 0 aliphatic heterocycles. The number of rotatable bonds is 8. The first-order chi connectivity index (χ1) is 17.4. The maximum atomic E-state index is 14.0. The number of carbonyl (C=O) groups is 2. The van der Waals surface area contributed by atoms with Gasteiger partial charge < -0.3 is 20.1 Å². The van der Waals surface area contributed by atoms with Gasteiger partial charge in [-0.15, -0.1) is 0 Å².